The molecule has 0 fully saturated rings. The fraction of sp³-hybridized carbons (Fsp3) is 0.286. The Labute approximate surface area is 122 Å². The minimum absolute atomic E-state index is 0.515. The summed E-state index contributed by atoms with van der Waals surface area (Å²) in [6.45, 7) is 1.27. The third-order valence-electron chi connectivity index (χ3n) is 2.64. The van der Waals surface area contributed by atoms with Gasteiger partial charge in [0.1, 0.15) is 18.1 Å². The predicted molar refractivity (Wildman–Crippen MR) is 79.4 cm³/mol. The number of rotatable bonds is 6. The molecule has 1 heterocycles. The molecule has 0 aliphatic heterocycles. The Morgan fingerprint density at radius 1 is 1.26 bits per heavy atom. The SMILES string of the molecule is CNCc1ccc(OC)cc1OCc1ccc(Cl)s1. The van der Waals surface area contributed by atoms with Crippen LogP contribution in [0.1, 0.15) is 10.4 Å². The quantitative estimate of drug-likeness (QED) is 0.882. The topological polar surface area (TPSA) is 30.5 Å². The van der Waals surface area contributed by atoms with Gasteiger partial charge in [-0.05, 0) is 25.2 Å². The fourth-order valence-corrected chi connectivity index (χ4v) is 2.71. The molecule has 0 unspecified atom stereocenters. The van der Waals surface area contributed by atoms with Gasteiger partial charge in [-0.15, -0.1) is 11.3 Å². The van der Waals surface area contributed by atoms with Crippen LogP contribution in [-0.2, 0) is 13.2 Å². The second kappa shape index (κ2) is 6.80. The van der Waals surface area contributed by atoms with Gasteiger partial charge < -0.3 is 14.8 Å². The molecule has 2 rings (SSSR count). The summed E-state index contributed by atoms with van der Waals surface area (Å²) < 4.78 is 11.9. The van der Waals surface area contributed by atoms with E-state index < -0.39 is 0 Å². The van der Waals surface area contributed by atoms with Gasteiger partial charge in [-0.3, -0.25) is 0 Å². The number of nitrogens with one attached hydrogen (secondary N) is 1. The Kier molecular flexibility index (Phi) is 5.07. The number of hydrogen-bond donors (Lipinski definition) is 1. The van der Waals surface area contributed by atoms with E-state index in [1.807, 2.05) is 37.4 Å². The lowest BCUT2D eigenvalue weighted by Gasteiger charge is -2.12. The van der Waals surface area contributed by atoms with Gasteiger partial charge in [0.15, 0.2) is 0 Å². The average Bonchev–Trinajstić information content (AvgIpc) is 2.83. The van der Waals surface area contributed by atoms with Crippen molar-refractivity contribution < 1.29 is 9.47 Å². The number of thiophene rings is 1. The minimum atomic E-state index is 0.515. The summed E-state index contributed by atoms with van der Waals surface area (Å²) in [5.41, 5.74) is 1.10. The molecule has 5 heteroatoms. The van der Waals surface area contributed by atoms with Gasteiger partial charge in [-0.25, -0.2) is 0 Å². The van der Waals surface area contributed by atoms with Gasteiger partial charge in [0, 0.05) is 23.1 Å². The van der Waals surface area contributed by atoms with E-state index in [4.69, 9.17) is 21.1 Å². The molecular weight excluding hydrogens is 282 g/mol. The van der Waals surface area contributed by atoms with Crippen LogP contribution in [0.3, 0.4) is 0 Å². The maximum absolute atomic E-state index is 5.90. The van der Waals surface area contributed by atoms with Gasteiger partial charge in [0.05, 0.1) is 11.4 Å². The molecule has 0 aliphatic rings. The first-order valence-electron chi connectivity index (χ1n) is 5.91. The van der Waals surface area contributed by atoms with E-state index in [0.29, 0.717) is 6.61 Å². The molecule has 19 heavy (non-hydrogen) atoms. The highest BCUT2D eigenvalue weighted by atomic mass is 35.5. The van der Waals surface area contributed by atoms with Crippen molar-refractivity contribution in [2.24, 2.45) is 0 Å². The normalized spacial score (nSPS) is 10.5. The number of hydrogen-bond acceptors (Lipinski definition) is 4. The lowest BCUT2D eigenvalue weighted by molar-refractivity contribution is 0.303. The van der Waals surface area contributed by atoms with Crippen molar-refractivity contribution in [3.63, 3.8) is 0 Å². The highest BCUT2D eigenvalue weighted by Gasteiger charge is 2.06. The molecule has 0 saturated carbocycles. The zero-order valence-electron chi connectivity index (χ0n) is 10.9. The number of benzene rings is 1. The summed E-state index contributed by atoms with van der Waals surface area (Å²) in [6.07, 6.45) is 0. The van der Waals surface area contributed by atoms with Crippen LogP contribution < -0.4 is 14.8 Å². The van der Waals surface area contributed by atoms with E-state index in [0.717, 1.165) is 32.8 Å². The van der Waals surface area contributed by atoms with E-state index in [-0.39, 0.29) is 0 Å². The molecule has 1 aromatic heterocycles. The first kappa shape index (κ1) is 14.2. The van der Waals surface area contributed by atoms with Crippen molar-refractivity contribution >= 4 is 22.9 Å². The van der Waals surface area contributed by atoms with Crippen LogP contribution in [0, 0.1) is 0 Å². The zero-order chi connectivity index (χ0) is 13.7. The summed E-state index contributed by atoms with van der Waals surface area (Å²) in [7, 11) is 3.56. The Morgan fingerprint density at radius 2 is 2.11 bits per heavy atom. The first-order chi connectivity index (χ1) is 9.22. The summed E-state index contributed by atoms with van der Waals surface area (Å²) in [5, 5.41) is 3.12. The molecule has 0 aliphatic carbocycles. The lowest BCUT2D eigenvalue weighted by atomic mass is 10.2. The van der Waals surface area contributed by atoms with Crippen molar-refractivity contribution in [3.8, 4) is 11.5 Å². The molecule has 0 saturated heterocycles. The maximum atomic E-state index is 5.90. The fourth-order valence-electron chi connectivity index (χ4n) is 1.71. The van der Waals surface area contributed by atoms with Crippen LogP contribution in [-0.4, -0.2) is 14.2 Å². The molecule has 0 radical (unpaired) electrons. The number of halogens is 1. The molecule has 0 atom stereocenters. The first-order valence-corrected chi connectivity index (χ1v) is 7.11. The third-order valence-corrected chi connectivity index (χ3v) is 3.84. The molecular formula is C14H16ClNO2S. The van der Waals surface area contributed by atoms with Crippen LogP contribution in [0.15, 0.2) is 30.3 Å². The Balaban J connectivity index is 2.12. The summed E-state index contributed by atoms with van der Waals surface area (Å²) in [4.78, 5) is 1.10. The van der Waals surface area contributed by atoms with Crippen LogP contribution in [0.5, 0.6) is 11.5 Å². The van der Waals surface area contributed by atoms with Crippen molar-refractivity contribution in [1.82, 2.24) is 5.32 Å². The summed E-state index contributed by atoms with van der Waals surface area (Å²) in [6, 6.07) is 9.70. The van der Waals surface area contributed by atoms with E-state index >= 15 is 0 Å². The Hall–Kier alpha value is -1.23. The largest absolute Gasteiger partial charge is 0.497 e. The van der Waals surface area contributed by atoms with E-state index in [9.17, 15) is 0 Å². The lowest BCUT2D eigenvalue weighted by Crippen LogP contribution is -2.07. The van der Waals surface area contributed by atoms with Crippen molar-refractivity contribution in [3.05, 3.63) is 45.1 Å². The molecule has 1 aromatic carbocycles. The van der Waals surface area contributed by atoms with Crippen LogP contribution in [0.4, 0.5) is 0 Å². The Bertz CT molecular complexity index is 542. The zero-order valence-corrected chi connectivity index (χ0v) is 12.5. The molecule has 2 aromatic rings. The minimum Gasteiger partial charge on any atom is -0.497 e. The molecule has 0 spiro atoms. The van der Waals surface area contributed by atoms with E-state index in [2.05, 4.69) is 5.32 Å². The van der Waals surface area contributed by atoms with Crippen LogP contribution in [0.25, 0.3) is 0 Å². The summed E-state index contributed by atoms with van der Waals surface area (Å²) >= 11 is 7.43. The highest BCUT2D eigenvalue weighted by molar-refractivity contribution is 7.16. The second-order valence-electron chi connectivity index (χ2n) is 4.00. The number of ether oxygens (including phenoxy) is 2. The monoisotopic (exact) mass is 297 g/mol. The van der Waals surface area contributed by atoms with Crippen molar-refractivity contribution in [2.75, 3.05) is 14.2 Å². The molecule has 102 valence electrons. The van der Waals surface area contributed by atoms with E-state index in [1.54, 1.807) is 7.11 Å². The third kappa shape index (κ3) is 3.86. The van der Waals surface area contributed by atoms with Gasteiger partial charge in [-0.1, -0.05) is 17.7 Å². The molecule has 3 nitrogen and oxygen atoms in total. The molecule has 0 bridgehead atoms. The van der Waals surface area contributed by atoms with Crippen molar-refractivity contribution in [1.29, 1.82) is 0 Å². The second-order valence-corrected chi connectivity index (χ2v) is 5.80. The smallest absolute Gasteiger partial charge is 0.128 e. The van der Waals surface area contributed by atoms with Gasteiger partial charge >= 0.3 is 0 Å². The van der Waals surface area contributed by atoms with Gasteiger partial charge in [0.25, 0.3) is 0 Å². The number of methoxy groups -OCH3 is 1. The maximum Gasteiger partial charge on any atom is 0.128 e. The van der Waals surface area contributed by atoms with E-state index in [1.165, 1.54) is 11.3 Å². The van der Waals surface area contributed by atoms with Gasteiger partial charge in [-0.2, -0.15) is 0 Å². The summed E-state index contributed by atoms with van der Waals surface area (Å²) in [5.74, 6) is 1.62. The Morgan fingerprint density at radius 3 is 2.74 bits per heavy atom. The average molecular weight is 298 g/mol. The highest BCUT2D eigenvalue weighted by Crippen LogP contribution is 2.27. The van der Waals surface area contributed by atoms with Crippen LogP contribution >= 0.6 is 22.9 Å². The molecule has 1 N–H and O–H groups in total. The van der Waals surface area contributed by atoms with Crippen molar-refractivity contribution in [2.45, 2.75) is 13.2 Å². The molecule has 0 amide bonds. The predicted octanol–water partition coefficient (Wildman–Crippen LogP) is 3.71. The standard InChI is InChI=1S/C14H16ClNO2S/c1-16-8-10-3-4-11(17-2)7-13(10)18-9-12-5-6-14(15)19-12/h3-7,16H,8-9H2,1-2H3. The van der Waals surface area contributed by atoms with Crippen LogP contribution in [0.2, 0.25) is 4.34 Å². The van der Waals surface area contributed by atoms with Gasteiger partial charge in [0.2, 0.25) is 0 Å².